The largest absolute Gasteiger partial charge is 0.382 e. The van der Waals surface area contributed by atoms with E-state index in [-0.39, 0.29) is 0 Å². The molecule has 1 N–H and O–H groups in total. The maximum atomic E-state index is 12.0. The third-order valence-electron chi connectivity index (χ3n) is 3.91. The molecular weight excluding hydrogens is 216 g/mol. The molecule has 0 bridgehead atoms. The van der Waals surface area contributed by atoms with Crippen LogP contribution in [0.1, 0.15) is 32.6 Å². The number of carbonyl (C=O) groups is 1. The topological polar surface area (TPSA) is 41.6 Å². The van der Waals surface area contributed by atoms with Gasteiger partial charge in [-0.25, -0.2) is 0 Å². The Kier molecular flexibility index (Phi) is 4.80. The van der Waals surface area contributed by atoms with Crippen LogP contribution in [0.15, 0.2) is 0 Å². The van der Waals surface area contributed by atoms with Gasteiger partial charge in [-0.1, -0.05) is 0 Å². The molecule has 0 radical (unpaired) electrons. The van der Waals surface area contributed by atoms with E-state index in [1.165, 1.54) is 0 Å². The van der Waals surface area contributed by atoms with Crippen molar-refractivity contribution in [2.24, 2.45) is 5.92 Å². The van der Waals surface area contributed by atoms with E-state index < -0.39 is 0 Å². The minimum absolute atomic E-state index is 0.352. The van der Waals surface area contributed by atoms with Crippen LogP contribution >= 0.6 is 0 Å². The van der Waals surface area contributed by atoms with E-state index in [0.717, 1.165) is 58.5 Å². The van der Waals surface area contributed by atoms with Gasteiger partial charge in [0.05, 0.1) is 0 Å². The number of fused-ring (bicyclic) bond motifs is 1. The fraction of sp³-hybridized carbons (Fsp3) is 0.923. The summed E-state index contributed by atoms with van der Waals surface area (Å²) >= 11 is 0. The highest BCUT2D eigenvalue weighted by Gasteiger charge is 2.36. The summed E-state index contributed by atoms with van der Waals surface area (Å²) in [6.07, 6.45) is 3.89. The van der Waals surface area contributed by atoms with Crippen LogP contribution in [-0.4, -0.2) is 49.7 Å². The Bertz CT molecular complexity index is 258. The molecule has 2 atom stereocenters. The zero-order valence-corrected chi connectivity index (χ0v) is 10.8. The van der Waals surface area contributed by atoms with Gasteiger partial charge in [-0.05, 0) is 45.2 Å². The second-order valence-electron chi connectivity index (χ2n) is 5.00. The summed E-state index contributed by atoms with van der Waals surface area (Å²) in [5.74, 6) is 1.03. The van der Waals surface area contributed by atoms with Crippen LogP contribution in [0.4, 0.5) is 0 Å². The van der Waals surface area contributed by atoms with Crippen LogP contribution in [0.5, 0.6) is 0 Å². The fourth-order valence-corrected chi connectivity index (χ4v) is 3.02. The smallest absolute Gasteiger partial charge is 0.222 e. The van der Waals surface area contributed by atoms with Gasteiger partial charge in [-0.2, -0.15) is 0 Å². The molecule has 4 heteroatoms. The third kappa shape index (κ3) is 3.19. The third-order valence-corrected chi connectivity index (χ3v) is 3.91. The van der Waals surface area contributed by atoms with Crippen molar-refractivity contribution in [2.75, 3.05) is 32.8 Å². The number of hydrogen-bond acceptors (Lipinski definition) is 3. The average Bonchev–Trinajstić information content (AvgIpc) is 2.37. The number of piperidine rings is 2. The first kappa shape index (κ1) is 12.8. The Labute approximate surface area is 104 Å². The van der Waals surface area contributed by atoms with E-state index in [9.17, 15) is 4.79 Å². The van der Waals surface area contributed by atoms with Crippen molar-refractivity contribution in [3.8, 4) is 0 Å². The number of likely N-dealkylation sites (tertiary alicyclic amines) is 1. The maximum Gasteiger partial charge on any atom is 0.222 e. The molecule has 0 aromatic carbocycles. The Balaban J connectivity index is 1.85. The molecule has 2 heterocycles. The van der Waals surface area contributed by atoms with Crippen molar-refractivity contribution in [3.63, 3.8) is 0 Å². The van der Waals surface area contributed by atoms with Gasteiger partial charge in [0.1, 0.15) is 0 Å². The van der Waals surface area contributed by atoms with Gasteiger partial charge >= 0.3 is 0 Å². The molecule has 4 nitrogen and oxygen atoms in total. The molecule has 2 aliphatic heterocycles. The summed E-state index contributed by atoms with van der Waals surface area (Å²) in [6.45, 7) is 6.56. The molecule has 0 aromatic rings. The van der Waals surface area contributed by atoms with Crippen LogP contribution in [0, 0.1) is 5.92 Å². The van der Waals surface area contributed by atoms with Gasteiger partial charge in [0.15, 0.2) is 0 Å². The Morgan fingerprint density at radius 3 is 3.18 bits per heavy atom. The van der Waals surface area contributed by atoms with Crippen LogP contribution in [0.2, 0.25) is 0 Å². The number of nitrogens with one attached hydrogen (secondary N) is 1. The molecule has 17 heavy (non-hydrogen) atoms. The van der Waals surface area contributed by atoms with Crippen molar-refractivity contribution in [1.29, 1.82) is 0 Å². The number of nitrogens with zero attached hydrogens (tertiary/aromatic N) is 1. The summed E-state index contributed by atoms with van der Waals surface area (Å²) in [5.41, 5.74) is 0. The average molecular weight is 240 g/mol. The SMILES string of the molecule is CCOCCCN1C(=O)CC[C@H]2CNCC[C@H]21. The molecule has 2 rings (SSSR count). The first-order valence-corrected chi connectivity index (χ1v) is 6.91. The monoisotopic (exact) mass is 240 g/mol. The Morgan fingerprint density at radius 2 is 2.35 bits per heavy atom. The van der Waals surface area contributed by atoms with Crippen molar-refractivity contribution in [1.82, 2.24) is 10.2 Å². The minimum atomic E-state index is 0.352. The number of hydrogen-bond donors (Lipinski definition) is 1. The quantitative estimate of drug-likeness (QED) is 0.729. The summed E-state index contributed by atoms with van der Waals surface area (Å²) in [7, 11) is 0. The summed E-state index contributed by atoms with van der Waals surface area (Å²) in [4.78, 5) is 14.1. The lowest BCUT2D eigenvalue weighted by Gasteiger charge is -2.44. The lowest BCUT2D eigenvalue weighted by Crippen LogP contribution is -2.55. The molecule has 2 aliphatic rings. The number of ether oxygens (including phenoxy) is 1. The lowest BCUT2D eigenvalue weighted by molar-refractivity contribution is -0.139. The van der Waals surface area contributed by atoms with Crippen LogP contribution < -0.4 is 5.32 Å². The van der Waals surface area contributed by atoms with E-state index in [1.807, 2.05) is 6.92 Å². The van der Waals surface area contributed by atoms with Gasteiger partial charge in [0, 0.05) is 32.2 Å². The first-order chi connectivity index (χ1) is 8.33. The molecule has 1 amide bonds. The standard InChI is InChI=1S/C13H24N2O2/c1-2-17-9-3-8-15-12-6-7-14-10-11(12)4-5-13(15)16/h11-12,14H,2-10H2,1H3/t11-,12+/m0/s1. The summed E-state index contributed by atoms with van der Waals surface area (Å²) in [6, 6.07) is 0.485. The fourth-order valence-electron chi connectivity index (χ4n) is 3.02. The molecule has 2 fully saturated rings. The van der Waals surface area contributed by atoms with Crippen LogP contribution in [0.25, 0.3) is 0 Å². The highest BCUT2D eigenvalue weighted by molar-refractivity contribution is 5.77. The second-order valence-corrected chi connectivity index (χ2v) is 5.00. The molecule has 0 spiro atoms. The molecular formula is C13H24N2O2. The predicted octanol–water partition coefficient (Wildman–Crippen LogP) is 1.01. The van der Waals surface area contributed by atoms with Crippen LogP contribution in [-0.2, 0) is 9.53 Å². The normalized spacial score (nSPS) is 29.2. The van der Waals surface area contributed by atoms with Crippen LogP contribution in [0.3, 0.4) is 0 Å². The number of amides is 1. The summed E-state index contributed by atoms with van der Waals surface area (Å²) in [5, 5.41) is 3.43. The number of rotatable bonds is 5. The second kappa shape index (κ2) is 6.36. The highest BCUT2D eigenvalue weighted by Crippen LogP contribution is 2.28. The lowest BCUT2D eigenvalue weighted by atomic mass is 9.84. The van der Waals surface area contributed by atoms with Crippen molar-refractivity contribution in [3.05, 3.63) is 0 Å². The Morgan fingerprint density at radius 1 is 1.47 bits per heavy atom. The first-order valence-electron chi connectivity index (χ1n) is 6.91. The molecule has 0 unspecified atom stereocenters. The van der Waals surface area contributed by atoms with Crippen molar-refractivity contribution in [2.45, 2.75) is 38.6 Å². The van der Waals surface area contributed by atoms with Crippen molar-refractivity contribution >= 4 is 5.91 Å². The van der Waals surface area contributed by atoms with E-state index in [4.69, 9.17) is 4.74 Å². The molecule has 0 saturated carbocycles. The van der Waals surface area contributed by atoms with Gasteiger partial charge in [0.2, 0.25) is 5.91 Å². The molecule has 98 valence electrons. The Hall–Kier alpha value is -0.610. The predicted molar refractivity (Wildman–Crippen MR) is 66.8 cm³/mol. The highest BCUT2D eigenvalue weighted by atomic mass is 16.5. The zero-order chi connectivity index (χ0) is 12.1. The van der Waals surface area contributed by atoms with Gasteiger partial charge < -0.3 is 15.0 Å². The molecule has 2 saturated heterocycles. The van der Waals surface area contributed by atoms with Crippen molar-refractivity contribution < 1.29 is 9.53 Å². The molecule has 0 aliphatic carbocycles. The van der Waals surface area contributed by atoms with E-state index >= 15 is 0 Å². The minimum Gasteiger partial charge on any atom is -0.382 e. The van der Waals surface area contributed by atoms with E-state index in [1.54, 1.807) is 0 Å². The van der Waals surface area contributed by atoms with E-state index in [0.29, 0.717) is 17.9 Å². The van der Waals surface area contributed by atoms with E-state index in [2.05, 4.69) is 10.2 Å². The maximum absolute atomic E-state index is 12.0. The van der Waals surface area contributed by atoms with Gasteiger partial charge in [-0.3, -0.25) is 4.79 Å². The molecule has 0 aromatic heterocycles. The van der Waals surface area contributed by atoms with Gasteiger partial charge in [0.25, 0.3) is 0 Å². The summed E-state index contributed by atoms with van der Waals surface area (Å²) < 4.78 is 5.35. The van der Waals surface area contributed by atoms with Gasteiger partial charge in [-0.15, -0.1) is 0 Å². The zero-order valence-electron chi connectivity index (χ0n) is 10.8. The number of carbonyl (C=O) groups excluding carboxylic acids is 1.